The highest BCUT2D eigenvalue weighted by atomic mass is 35.5. The molecule has 0 saturated heterocycles. The number of rotatable bonds is 5. The van der Waals surface area contributed by atoms with Crippen LogP contribution in [0, 0.1) is 0 Å². The molecule has 4 N–H and O–H groups in total. The number of anilines is 1. The normalized spacial score (nSPS) is 10.3. The average molecular weight is 259 g/mol. The van der Waals surface area contributed by atoms with E-state index in [0.717, 1.165) is 0 Å². The quantitative estimate of drug-likeness (QED) is 0.665. The van der Waals surface area contributed by atoms with E-state index in [2.05, 4.69) is 0 Å². The van der Waals surface area contributed by atoms with E-state index in [1.54, 1.807) is 12.1 Å². The summed E-state index contributed by atoms with van der Waals surface area (Å²) >= 11 is 5.91. The van der Waals surface area contributed by atoms with Crippen LogP contribution in [0.5, 0.6) is 0 Å². The zero-order chi connectivity index (χ0) is 12.8. The van der Waals surface area contributed by atoms with Crippen LogP contribution in [0.1, 0.15) is 10.4 Å². The molecule has 6 heteroatoms. The van der Waals surface area contributed by atoms with Crippen molar-refractivity contribution in [2.45, 2.75) is 0 Å². The lowest BCUT2D eigenvalue weighted by Gasteiger charge is -2.21. The molecule has 0 aromatic heterocycles. The summed E-state index contributed by atoms with van der Waals surface area (Å²) in [7, 11) is 0. The number of carbonyl (C=O) groups is 1. The van der Waals surface area contributed by atoms with Crippen molar-refractivity contribution in [2.24, 2.45) is 0 Å². The summed E-state index contributed by atoms with van der Waals surface area (Å²) in [5.41, 5.74) is 6.29. The van der Waals surface area contributed by atoms with Crippen LogP contribution in [0.15, 0.2) is 18.2 Å². The molecule has 0 aliphatic carbocycles. The Kier molecular flexibility index (Phi) is 5.21. The molecule has 0 saturated carbocycles. The van der Waals surface area contributed by atoms with Gasteiger partial charge in [0.2, 0.25) is 0 Å². The third-order valence-electron chi connectivity index (χ3n) is 2.25. The molecule has 0 atom stereocenters. The van der Waals surface area contributed by atoms with E-state index in [0.29, 0.717) is 10.7 Å². The first kappa shape index (κ1) is 13.8. The van der Waals surface area contributed by atoms with E-state index >= 15 is 0 Å². The first-order valence-electron chi connectivity index (χ1n) is 5.16. The number of amides is 1. The molecule has 0 bridgehead atoms. The highest BCUT2D eigenvalue weighted by Gasteiger charge is 2.17. The third kappa shape index (κ3) is 3.59. The Bertz CT molecular complexity index is 392. The van der Waals surface area contributed by atoms with Gasteiger partial charge < -0.3 is 20.8 Å². The maximum Gasteiger partial charge on any atom is 0.255 e. The van der Waals surface area contributed by atoms with Crippen LogP contribution in [0.3, 0.4) is 0 Å². The Balaban J connectivity index is 2.95. The average Bonchev–Trinajstić information content (AvgIpc) is 2.31. The molecule has 0 aliphatic heterocycles. The van der Waals surface area contributed by atoms with Gasteiger partial charge in [0.05, 0.1) is 23.8 Å². The number of hydrogen-bond donors (Lipinski definition) is 3. The van der Waals surface area contributed by atoms with Gasteiger partial charge in [-0.05, 0) is 18.2 Å². The van der Waals surface area contributed by atoms with Gasteiger partial charge >= 0.3 is 0 Å². The van der Waals surface area contributed by atoms with Crippen molar-refractivity contribution in [1.82, 2.24) is 4.90 Å². The largest absolute Gasteiger partial charge is 0.399 e. The van der Waals surface area contributed by atoms with Gasteiger partial charge in [0.1, 0.15) is 0 Å². The van der Waals surface area contributed by atoms with Gasteiger partial charge in [-0.2, -0.15) is 0 Å². The lowest BCUT2D eigenvalue weighted by atomic mass is 10.1. The van der Waals surface area contributed by atoms with Gasteiger partial charge in [0, 0.05) is 18.8 Å². The molecule has 5 nitrogen and oxygen atoms in total. The minimum Gasteiger partial charge on any atom is -0.399 e. The number of carbonyl (C=O) groups excluding carboxylic acids is 1. The van der Waals surface area contributed by atoms with Crippen molar-refractivity contribution in [3.05, 3.63) is 28.8 Å². The topological polar surface area (TPSA) is 86.8 Å². The summed E-state index contributed by atoms with van der Waals surface area (Å²) in [6, 6.07) is 4.62. The van der Waals surface area contributed by atoms with Crippen LogP contribution in [0.2, 0.25) is 5.02 Å². The second kappa shape index (κ2) is 6.44. The zero-order valence-corrected chi connectivity index (χ0v) is 10.0. The standard InChI is InChI=1S/C11H15ClN2O3/c12-10-2-1-8(13)7-9(10)11(17)14(3-5-15)4-6-16/h1-2,7,15-16H,3-6,13H2. The summed E-state index contributed by atoms with van der Waals surface area (Å²) in [5.74, 6) is -0.356. The molecule has 1 aromatic rings. The Hall–Kier alpha value is -1.30. The Morgan fingerprint density at radius 3 is 2.41 bits per heavy atom. The molecule has 0 heterocycles. The van der Waals surface area contributed by atoms with Crippen molar-refractivity contribution >= 4 is 23.2 Å². The SMILES string of the molecule is Nc1ccc(Cl)c(C(=O)N(CCO)CCO)c1. The fourth-order valence-electron chi connectivity index (χ4n) is 1.43. The van der Waals surface area contributed by atoms with Gasteiger partial charge in [-0.25, -0.2) is 0 Å². The zero-order valence-electron chi connectivity index (χ0n) is 9.27. The predicted octanol–water partition coefficient (Wildman–Crippen LogP) is 0.349. The smallest absolute Gasteiger partial charge is 0.255 e. The molecule has 1 aromatic carbocycles. The number of nitrogens with two attached hydrogens (primary N) is 1. The first-order chi connectivity index (χ1) is 8.10. The van der Waals surface area contributed by atoms with Crippen molar-refractivity contribution in [1.29, 1.82) is 0 Å². The van der Waals surface area contributed by atoms with Gasteiger partial charge in [-0.15, -0.1) is 0 Å². The first-order valence-corrected chi connectivity index (χ1v) is 5.54. The maximum atomic E-state index is 12.1. The molecule has 1 amide bonds. The van der Waals surface area contributed by atoms with E-state index in [9.17, 15) is 4.79 Å². The molecule has 17 heavy (non-hydrogen) atoms. The van der Waals surface area contributed by atoms with Crippen LogP contribution in [-0.2, 0) is 0 Å². The van der Waals surface area contributed by atoms with E-state index in [-0.39, 0.29) is 37.8 Å². The number of halogens is 1. The maximum absolute atomic E-state index is 12.1. The Morgan fingerprint density at radius 2 is 1.88 bits per heavy atom. The molecule has 0 unspecified atom stereocenters. The van der Waals surface area contributed by atoms with Crippen molar-refractivity contribution < 1.29 is 15.0 Å². The van der Waals surface area contributed by atoms with Gasteiger partial charge in [-0.3, -0.25) is 4.79 Å². The number of nitrogens with zero attached hydrogens (tertiary/aromatic N) is 1. The lowest BCUT2D eigenvalue weighted by molar-refractivity contribution is 0.0685. The fourth-order valence-corrected chi connectivity index (χ4v) is 1.63. The number of benzene rings is 1. The molecule has 0 fully saturated rings. The number of aliphatic hydroxyl groups is 2. The van der Waals surface area contributed by atoms with Crippen molar-refractivity contribution in [3.63, 3.8) is 0 Å². The highest BCUT2D eigenvalue weighted by Crippen LogP contribution is 2.20. The fraction of sp³-hybridized carbons (Fsp3) is 0.364. The third-order valence-corrected chi connectivity index (χ3v) is 2.58. The lowest BCUT2D eigenvalue weighted by Crippen LogP contribution is -2.36. The Morgan fingerprint density at radius 1 is 1.29 bits per heavy atom. The van der Waals surface area contributed by atoms with Crippen molar-refractivity contribution in [3.8, 4) is 0 Å². The second-order valence-corrected chi connectivity index (χ2v) is 3.89. The molecule has 1 rings (SSSR count). The molecule has 94 valence electrons. The molecule has 0 aliphatic rings. The van der Waals surface area contributed by atoms with Crippen LogP contribution in [-0.4, -0.2) is 47.3 Å². The van der Waals surface area contributed by atoms with Gasteiger partial charge in [0.25, 0.3) is 5.91 Å². The molecular weight excluding hydrogens is 244 g/mol. The van der Waals surface area contributed by atoms with E-state index in [1.165, 1.54) is 11.0 Å². The summed E-state index contributed by atoms with van der Waals surface area (Å²) in [5, 5.41) is 18.0. The number of hydrogen-bond acceptors (Lipinski definition) is 4. The molecule has 0 radical (unpaired) electrons. The number of aliphatic hydroxyl groups excluding tert-OH is 2. The van der Waals surface area contributed by atoms with E-state index < -0.39 is 0 Å². The van der Waals surface area contributed by atoms with Crippen LogP contribution >= 0.6 is 11.6 Å². The highest BCUT2D eigenvalue weighted by molar-refractivity contribution is 6.34. The molecular formula is C11H15ClN2O3. The summed E-state index contributed by atoms with van der Waals surface area (Å²) < 4.78 is 0. The van der Waals surface area contributed by atoms with Crippen LogP contribution in [0.4, 0.5) is 5.69 Å². The van der Waals surface area contributed by atoms with Gasteiger partial charge in [-0.1, -0.05) is 11.6 Å². The summed E-state index contributed by atoms with van der Waals surface area (Å²) in [6.45, 7) is -0.0631. The predicted molar refractivity (Wildman–Crippen MR) is 65.9 cm³/mol. The minimum absolute atomic E-state index is 0.143. The van der Waals surface area contributed by atoms with Crippen LogP contribution in [0.25, 0.3) is 0 Å². The van der Waals surface area contributed by atoms with E-state index in [1.807, 2.05) is 0 Å². The summed E-state index contributed by atoms with van der Waals surface area (Å²) in [6.07, 6.45) is 0. The second-order valence-electron chi connectivity index (χ2n) is 3.48. The van der Waals surface area contributed by atoms with E-state index in [4.69, 9.17) is 27.5 Å². The Labute approximate surface area is 104 Å². The number of nitrogen functional groups attached to an aromatic ring is 1. The minimum atomic E-state index is -0.356. The van der Waals surface area contributed by atoms with Crippen molar-refractivity contribution in [2.75, 3.05) is 32.0 Å². The summed E-state index contributed by atoms with van der Waals surface area (Å²) in [4.78, 5) is 13.4. The monoisotopic (exact) mass is 258 g/mol. The van der Waals surface area contributed by atoms with Crippen LogP contribution < -0.4 is 5.73 Å². The van der Waals surface area contributed by atoms with Gasteiger partial charge in [0.15, 0.2) is 0 Å². The molecule has 0 spiro atoms.